The van der Waals surface area contributed by atoms with E-state index in [2.05, 4.69) is 28.6 Å². The van der Waals surface area contributed by atoms with E-state index in [1.54, 1.807) is 25.1 Å². The molecular formula is C12H13BrO3S. The molecule has 0 aliphatic carbocycles. The molecule has 1 aromatic rings. The highest BCUT2D eigenvalue weighted by molar-refractivity contribution is 9.09. The summed E-state index contributed by atoms with van der Waals surface area (Å²) in [5, 5.41) is 0.552. The number of ketones is 1. The summed E-state index contributed by atoms with van der Waals surface area (Å²) in [4.78, 5) is 24.1. The average molecular weight is 317 g/mol. The number of rotatable bonds is 5. The van der Waals surface area contributed by atoms with Crippen LogP contribution in [0, 0.1) is 0 Å². The summed E-state index contributed by atoms with van der Waals surface area (Å²) in [6.07, 6.45) is 0.323. The average Bonchev–Trinajstić information content (AvgIpc) is 2.29. The molecule has 0 saturated heterocycles. The van der Waals surface area contributed by atoms with Crippen molar-refractivity contribution >= 4 is 40.3 Å². The van der Waals surface area contributed by atoms with Crippen molar-refractivity contribution in [1.29, 1.82) is 0 Å². The van der Waals surface area contributed by atoms with E-state index in [1.807, 2.05) is 0 Å². The Morgan fingerprint density at radius 1 is 1.41 bits per heavy atom. The maximum atomic E-state index is 11.9. The van der Waals surface area contributed by atoms with Crippen molar-refractivity contribution in [2.45, 2.75) is 18.2 Å². The van der Waals surface area contributed by atoms with Crippen molar-refractivity contribution in [3.63, 3.8) is 0 Å². The number of Topliss-reactive ketones (excluding diaryl/α,β-unsaturated/α-hetero) is 1. The zero-order valence-electron chi connectivity index (χ0n) is 9.40. The lowest BCUT2D eigenvalue weighted by molar-refractivity contribution is 0.0522. The number of benzene rings is 1. The lowest BCUT2D eigenvalue weighted by atomic mass is 10.0. The van der Waals surface area contributed by atoms with E-state index in [-0.39, 0.29) is 18.0 Å². The van der Waals surface area contributed by atoms with Gasteiger partial charge < -0.3 is 4.74 Å². The van der Waals surface area contributed by atoms with E-state index < -0.39 is 5.97 Å². The molecule has 17 heavy (non-hydrogen) atoms. The smallest absolute Gasteiger partial charge is 0.338 e. The molecule has 0 fully saturated rings. The molecule has 0 heterocycles. The molecule has 0 aliphatic rings. The molecule has 1 aromatic carbocycles. The molecule has 0 spiro atoms. The molecular weight excluding hydrogens is 304 g/mol. The molecule has 0 N–H and O–H groups in total. The van der Waals surface area contributed by atoms with Crippen molar-refractivity contribution in [3.05, 3.63) is 29.3 Å². The van der Waals surface area contributed by atoms with Gasteiger partial charge in [-0.1, -0.05) is 22.0 Å². The third kappa shape index (κ3) is 3.57. The fourth-order valence-electron chi connectivity index (χ4n) is 1.42. The Bertz CT molecular complexity index is 432. The van der Waals surface area contributed by atoms with E-state index in [0.29, 0.717) is 22.2 Å². The standard InChI is InChI=1S/C12H13BrO3S/c1-2-16-12(15)8-4-3-5-10(17)11(8)9(14)6-7-13/h3-5,17H,2,6-7H2,1H3. The van der Waals surface area contributed by atoms with Crippen LogP contribution in [-0.2, 0) is 4.74 Å². The molecule has 0 aromatic heterocycles. The fourth-order valence-corrected chi connectivity index (χ4v) is 2.11. The van der Waals surface area contributed by atoms with Gasteiger partial charge in [0.15, 0.2) is 5.78 Å². The molecule has 92 valence electrons. The quantitative estimate of drug-likeness (QED) is 0.393. The van der Waals surface area contributed by atoms with Gasteiger partial charge in [-0.15, -0.1) is 12.6 Å². The Morgan fingerprint density at radius 3 is 2.71 bits per heavy atom. The number of carbonyl (C=O) groups is 2. The minimum Gasteiger partial charge on any atom is -0.462 e. The van der Waals surface area contributed by atoms with E-state index in [0.717, 1.165) is 0 Å². The van der Waals surface area contributed by atoms with Crippen molar-refractivity contribution in [2.24, 2.45) is 0 Å². The Hall–Kier alpha value is -0.810. The highest BCUT2D eigenvalue weighted by Gasteiger charge is 2.19. The SMILES string of the molecule is CCOC(=O)c1cccc(S)c1C(=O)CCBr. The summed E-state index contributed by atoms with van der Waals surface area (Å²) >= 11 is 7.42. The summed E-state index contributed by atoms with van der Waals surface area (Å²) in [5.41, 5.74) is 0.624. The molecule has 3 nitrogen and oxygen atoms in total. The summed E-state index contributed by atoms with van der Waals surface area (Å²) in [7, 11) is 0. The fraction of sp³-hybridized carbons (Fsp3) is 0.333. The van der Waals surface area contributed by atoms with Gasteiger partial charge in [0, 0.05) is 22.2 Å². The summed E-state index contributed by atoms with van der Waals surface area (Å²) in [6, 6.07) is 4.95. The van der Waals surface area contributed by atoms with Gasteiger partial charge in [-0.05, 0) is 19.1 Å². The predicted octanol–water partition coefficient (Wildman–Crippen LogP) is 3.12. The number of esters is 1. The Labute approximate surface area is 114 Å². The molecule has 0 unspecified atom stereocenters. The number of ether oxygens (including phenoxy) is 1. The van der Waals surface area contributed by atoms with Crippen LogP contribution in [0.5, 0.6) is 0 Å². The van der Waals surface area contributed by atoms with Gasteiger partial charge >= 0.3 is 5.97 Å². The molecule has 0 amide bonds. The van der Waals surface area contributed by atoms with Crippen LogP contribution in [0.3, 0.4) is 0 Å². The van der Waals surface area contributed by atoms with Crippen molar-refractivity contribution in [2.75, 3.05) is 11.9 Å². The summed E-state index contributed by atoms with van der Waals surface area (Å²) in [6.45, 7) is 2.00. The Balaban J connectivity index is 3.17. The van der Waals surface area contributed by atoms with Crippen LogP contribution in [0.15, 0.2) is 23.1 Å². The van der Waals surface area contributed by atoms with Gasteiger partial charge in [0.1, 0.15) is 0 Å². The molecule has 1 rings (SSSR count). The lowest BCUT2D eigenvalue weighted by Gasteiger charge is -2.09. The molecule has 0 bridgehead atoms. The second-order valence-electron chi connectivity index (χ2n) is 3.28. The van der Waals surface area contributed by atoms with Gasteiger partial charge in [0.25, 0.3) is 0 Å². The van der Waals surface area contributed by atoms with Crippen LogP contribution in [0.25, 0.3) is 0 Å². The third-order valence-corrected chi connectivity index (χ3v) is 2.91. The van der Waals surface area contributed by atoms with Crippen LogP contribution in [0.1, 0.15) is 34.1 Å². The van der Waals surface area contributed by atoms with Gasteiger partial charge in [-0.25, -0.2) is 4.79 Å². The van der Waals surface area contributed by atoms with Crippen molar-refractivity contribution < 1.29 is 14.3 Å². The first-order valence-electron chi connectivity index (χ1n) is 5.20. The van der Waals surface area contributed by atoms with Gasteiger partial charge in [-0.3, -0.25) is 4.79 Å². The van der Waals surface area contributed by atoms with Crippen LogP contribution < -0.4 is 0 Å². The third-order valence-electron chi connectivity index (χ3n) is 2.14. The van der Waals surface area contributed by atoms with Crippen LogP contribution in [0.2, 0.25) is 0 Å². The first-order chi connectivity index (χ1) is 8.11. The first kappa shape index (κ1) is 14.3. The van der Waals surface area contributed by atoms with Gasteiger partial charge in [0.05, 0.1) is 12.2 Å². The number of alkyl halides is 1. The van der Waals surface area contributed by atoms with Crippen LogP contribution >= 0.6 is 28.6 Å². The molecule has 0 aliphatic heterocycles. The lowest BCUT2D eigenvalue weighted by Crippen LogP contribution is -2.13. The molecule has 0 saturated carbocycles. The maximum absolute atomic E-state index is 11.9. The predicted molar refractivity (Wildman–Crippen MR) is 72.4 cm³/mol. The second kappa shape index (κ2) is 6.81. The summed E-state index contributed by atoms with van der Waals surface area (Å²) < 4.78 is 4.92. The van der Waals surface area contributed by atoms with Crippen LogP contribution in [0.4, 0.5) is 0 Å². The number of hydrogen-bond acceptors (Lipinski definition) is 4. The topological polar surface area (TPSA) is 43.4 Å². The van der Waals surface area contributed by atoms with Gasteiger partial charge in [-0.2, -0.15) is 0 Å². The molecule has 0 atom stereocenters. The first-order valence-corrected chi connectivity index (χ1v) is 6.77. The number of carbonyl (C=O) groups excluding carboxylic acids is 2. The zero-order valence-corrected chi connectivity index (χ0v) is 11.9. The number of hydrogen-bond donors (Lipinski definition) is 1. The number of halogens is 1. The van der Waals surface area contributed by atoms with E-state index in [4.69, 9.17) is 4.74 Å². The minimum atomic E-state index is -0.485. The minimum absolute atomic E-state index is 0.115. The highest BCUT2D eigenvalue weighted by Crippen LogP contribution is 2.21. The molecule has 5 heteroatoms. The number of thiol groups is 1. The highest BCUT2D eigenvalue weighted by atomic mass is 79.9. The van der Waals surface area contributed by atoms with E-state index in [9.17, 15) is 9.59 Å². The molecule has 0 radical (unpaired) electrons. The van der Waals surface area contributed by atoms with Crippen molar-refractivity contribution in [1.82, 2.24) is 0 Å². The van der Waals surface area contributed by atoms with Gasteiger partial charge in [0.2, 0.25) is 0 Å². The largest absolute Gasteiger partial charge is 0.462 e. The Morgan fingerprint density at radius 2 is 2.12 bits per heavy atom. The Kier molecular flexibility index (Phi) is 5.71. The van der Waals surface area contributed by atoms with E-state index in [1.165, 1.54) is 0 Å². The normalized spacial score (nSPS) is 10.1. The van der Waals surface area contributed by atoms with Crippen LogP contribution in [-0.4, -0.2) is 23.7 Å². The van der Waals surface area contributed by atoms with Crippen molar-refractivity contribution in [3.8, 4) is 0 Å². The zero-order chi connectivity index (χ0) is 12.8. The second-order valence-corrected chi connectivity index (χ2v) is 4.56. The van der Waals surface area contributed by atoms with E-state index >= 15 is 0 Å². The summed E-state index contributed by atoms with van der Waals surface area (Å²) in [5.74, 6) is -0.600. The monoisotopic (exact) mass is 316 g/mol. The maximum Gasteiger partial charge on any atom is 0.338 e.